The number of piperidine rings is 1. The zero-order chi connectivity index (χ0) is 14.5. The minimum Gasteiger partial charge on any atom is -0.508 e. The molecule has 0 aromatic heterocycles. The topological polar surface area (TPSA) is 52.6 Å². The molecule has 1 aromatic rings. The molecular weight excluding hydrogens is 259 g/mol. The van der Waals surface area contributed by atoms with Crippen LogP contribution in [0.1, 0.15) is 36.0 Å². The van der Waals surface area contributed by atoms with Crippen molar-refractivity contribution in [3.63, 3.8) is 0 Å². The zero-order valence-electron chi connectivity index (χ0n) is 11.7. The van der Waals surface area contributed by atoms with Crippen LogP contribution in [0, 0.1) is 5.82 Å². The van der Waals surface area contributed by atoms with Crippen molar-refractivity contribution in [2.45, 2.75) is 31.7 Å². The van der Waals surface area contributed by atoms with E-state index in [1.807, 2.05) is 0 Å². The van der Waals surface area contributed by atoms with E-state index < -0.39 is 5.82 Å². The number of carbonyl (C=O) groups excluding carboxylic acids is 1. The number of aromatic hydroxyl groups is 1. The van der Waals surface area contributed by atoms with E-state index in [1.165, 1.54) is 29.9 Å². The molecule has 1 aromatic carbocycles. The van der Waals surface area contributed by atoms with E-state index in [1.54, 1.807) is 7.05 Å². The van der Waals surface area contributed by atoms with Crippen molar-refractivity contribution in [2.75, 3.05) is 20.1 Å². The maximum atomic E-state index is 13.6. The summed E-state index contributed by atoms with van der Waals surface area (Å²) in [4.78, 5) is 13.7. The van der Waals surface area contributed by atoms with Crippen LogP contribution in [0.4, 0.5) is 4.39 Å². The third kappa shape index (κ3) is 3.70. The molecule has 1 amide bonds. The highest BCUT2D eigenvalue weighted by Gasteiger charge is 2.18. The van der Waals surface area contributed by atoms with Crippen molar-refractivity contribution in [2.24, 2.45) is 0 Å². The lowest BCUT2D eigenvalue weighted by Gasteiger charge is -2.26. The third-order valence-electron chi connectivity index (χ3n) is 3.76. The number of benzene rings is 1. The highest BCUT2D eigenvalue weighted by molar-refractivity contribution is 5.94. The Morgan fingerprint density at radius 1 is 1.50 bits per heavy atom. The fourth-order valence-corrected chi connectivity index (χ4v) is 2.50. The summed E-state index contributed by atoms with van der Waals surface area (Å²) in [5.74, 6) is -1.20. The predicted octanol–water partition coefficient (Wildman–Crippen LogP) is 2.14. The second kappa shape index (κ2) is 6.70. The summed E-state index contributed by atoms with van der Waals surface area (Å²) in [6, 6.07) is 4.06. The Hall–Kier alpha value is -1.62. The predicted molar refractivity (Wildman–Crippen MR) is 75.3 cm³/mol. The van der Waals surface area contributed by atoms with Crippen LogP contribution in [0.15, 0.2) is 18.2 Å². The molecule has 0 radical (unpaired) electrons. The Morgan fingerprint density at radius 3 is 2.95 bits per heavy atom. The SMILES string of the molecule is CN(CCC1CCCCN1)C(=O)c1ccc(O)cc1F. The van der Waals surface area contributed by atoms with Gasteiger partial charge in [-0.3, -0.25) is 4.79 Å². The lowest BCUT2D eigenvalue weighted by molar-refractivity contribution is 0.0783. The molecule has 5 heteroatoms. The summed E-state index contributed by atoms with van der Waals surface area (Å²) >= 11 is 0. The Morgan fingerprint density at radius 2 is 2.30 bits per heavy atom. The van der Waals surface area contributed by atoms with Crippen LogP contribution in [-0.2, 0) is 0 Å². The summed E-state index contributed by atoms with van der Waals surface area (Å²) in [7, 11) is 1.68. The summed E-state index contributed by atoms with van der Waals surface area (Å²) in [5.41, 5.74) is 0.00176. The minimum atomic E-state index is -0.683. The maximum absolute atomic E-state index is 13.6. The van der Waals surface area contributed by atoms with Crippen LogP contribution in [0.25, 0.3) is 0 Å². The molecule has 20 heavy (non-hydrogen) atoms. The average Bonchev–Trinajstić information content (AvgIpc) is 2.45. The fourth-order valence-electron chi connectivity index (χ4n) is 2.50. The molecule has 1 aliphatic heterocycles. The number of halogens is 1. The molecule has 1 fully saturated rings. The normalized spacial score (nSPS) is 18.8. The van der Waals surface area contributed by atoms with E-state index in [9.17, 15) is 9.18 Å². The van der Waals surface area contributed by atoms with Gasteiger partial charge >= 0.3 is 0 Å². The summed E-state index contributed by atoms with van der Waals surface area (Å²) in [5, 5.41) is 12.6. The van der Waals surface area contributed by atoms with E-state index >= 15 is 0 Å². The molecule has 0 aliphatic carbocycles. The molecule has 2 rings (SSSR count). The van der Waals surface area contributed by atoms with Gasteiger partial charge in [0.05, 0.1) is 5.56 Å². The summed E-state index contributed by atoms with van der Waals surface area (Å²) in [6.45, 7) is 1.63. The highest BCUT2D eigenvalue weighted by Crippen LogP contribution is 2.17. The van der Waals surface area contributed by atoms with Crippen LogP contribution < -0.4 is 5.32 Å². The number of amides is 1. The van der Waals surface area contributed by atoms with Gasteiger partial charge in [-0.1, -0.05) is 6.42 Å². The van der Waals surface area contributed by atoms with Gasteiger partial charge in [-0.25, -0.2) is 4.39 Å². The van der Waals surface area contributed by atoms with Gasteiger partial charge in [0, 0.05) is 25.7 Å². The van der Waals surface area contributed by atoms with E-state index in [0.29, 0.717) is 12.6 Å². The molecule has 1 unspecified atom stereocenters. The monoisotopic (exact) mass is 280 g/mol. The van der Waals surface area contributed by atoms with Crippen LogP contribution in [0.3, 0.4) is 0 Å². The second-order valence-electron chi connectivity index (χ2n) is 5.33. The largest absolute Gasteiger partial charge is 0.508 e. The number of carbonyl (C=O) groups is 1. The van der Waals surface area contributed by atoms with E-state index in [2.05, 4.69) is 5.32 Å². The first-order valence-corrected chi connectivity index (χ1v) is 7.05. The van der Waals surface area contributed by atoms with Crippen molar-refractivity contribution < 1.29 is 14.3 Å². The zero-order valence-corrected chi connectivity index (χ0v) is 11.7. The number of hydrogen-bond donors (Lipinski definition) is 2. The number of hydrogen-bond acceptors (Lipinski definition) is 3. The first-order chi connectivity index (χ1) is 9.58. The maximum Gasteiger partial charge on any atom is 0.256 e. The van der Waals surface area contributed by atoms with Gasteiger partial charge < -0.3 is 15.3 Å². The smallest absolute Gasteiger partial charge is 0.256 e. The lowest BCUT2D eigenvalue weighted by Crippen LogP contribution is -2.38. The summed E-state index contributed by atoms with van der Waals surface area (Å²) < 4.78 is 13.6. The first-order valence-electron chi connectivity index (χ1n) is 7.05. The molecule has 4 nitrogen and oxygen atoms in total. The molecule has 2 N–H and O–H groups in total. The van der Waals surface area contributed by atoms with Gasteiger partial charge in [-0.2, -0.15) is 0 Å². The van der Waals surface area contributed by atoms with Crippen LogP contribution >= 0.6 is 0 Å². The standard InChI is InChI=1S/C15H21FN2O2/c1-18(9-7-11-4-2-3-8-17-11)15(20)13-6-5-12(19)10-14(13)16/h5-6,10-11,17,19H,2-4,7-9H2,1H3. The molecule has 0 spiro atoms. The molecule has 0 saturated carbocycles. The molecular formula is C15H21FN2O2. The van der Waals surface area contributed by atoms with Crippen LogP contribution in [-0.4, -0.2) is 42.1 Å². The van der Waals surface area contributed by atoms with Crippen molar-refractivity contribution in [3.05, 3.63) is 29.6 Å². The van der Waals surface area contributed by atoms with Crippen LogP contribution in [0.5, 0.6) is 5.75 Å². The Bertz CT molecular complexity index is 473. The Labute approximate surface area is 118 Å². The molecule has 1 atom stereocenters. The van der Waals surface area contributed by atoms with Crippen molar-refractivity contribution >= 4 is 5.91 Å². The van der Waals surface area contributed by atoms with Gasteiger partial charge in [0.15, 0.2) is 0 Å². The third-order valence-corrected chi connectivity index (χ3v) is 3.76. The first kappa shape index (κ1) is 14.8. The van der Waals surface area contributed by atoms with E-state index in [0.717, 1.165) is 25.5 Å². The Balaban J connectivity index is 1.90. The molecule has 1 saturated heterocycles. The number of phenols is 1. The quantitative estimate of drug-likeness (QED) is 0.888. The average molecular weight is 280 g/mol. The summed E-state index contributed by atoms with van der Waals surface area (Å²) in [6.07, 6.45) is 4.45. The van der Waals surface area contributed by atoms with Gasteiger partial charge in [-0.05, 0) is 37.9 Å². The van der Waals surface area contributed by atoms with E-state index in [-0.39, 0.29) is 17.2 Å². The molecule has 1 aliphatic rings. The minimum absolute atomic E-state index is 0.00176. The molecule has 110 valence electrons. The highest BCUT2D eigenvalue weighted by atomic mass is 19.1. The van der Waals surface area contributed by atoms with Crippen molar-refractivity contribution in [1.29, 1.82) is 0 Å². The number of nitrogens with zero attached hydrogens (tertiary/aromatic N) is 1. The van der Waals surface area contributed by atoms with E-state index in [4.69, 9.17) is 5.11 Å². The lowest BCUT2D eigenvalue weighted by atomic mass is 10.0. The van der Waals surface area contributed by atoms with Gasteiger partial charge in [0.2, 0.25) is 0 Å². The molecule has 1 heterocycles. The molecule has 0 bridgehead atoms. The number of phenolic OH excluding ortho intramolecular Hbond substituents is 1. The number of nitrogens with one attached hydrogen (secondary N) is 1. The van der Waals surface area contributed by atoms with Crippen molar-refractivity contribution in [1.82, 2.24) is 10.2 Å². The van der Waals surface area contributed by atoms with Gasteiger partial charge in [0.1, 0.15) is 11.6 Å². The van der Waals surface area contributed by atoms with Gasteiger partial charge in [0.25, 0.3) is 5.91 Å². The fraction of sp³-hybridized carbons (Fsp3) is 0.533. The Kier molecular flexibility index (Phi) is 4.95. The van der Waals surface area contributed by atoms with Gasteiger partial charge in [-0.15, -0.1) is 0 Å². The van der Waals surface area contributed by atoms with Crippen LogP contribution in [0.2, 0.25) is 0 Å². The van der Waals surface area contributed by atoms with Crippen molar-refractivity contribution in [3.8, 4) is 5.75 Å². The second-order valence-corrected chi connectivity index (χ2v) is 5.33. The number of rotatable bonds is 4.